The Kier molecular flexibility index (Phi) is 6.13. The van der Waals surface area contributed by atoms with Gasteiger partial charge in [0.25, 0.3) is 0 Å². The molecule has 0 spiro atoms. The smallest absolute Gasteiger partial charge is 0.410 e. The van der Waals surface area contributed by atoms with E-state index in [0.29, 0.717) is 6.04 Å². The minimum atomic E-state index is -0.403. The molecule has 4 heteroatoms. The first-order valence-corrected chi connectivity index (χ1v) is 9.05. The Hall–Kier alpha value is -0.770. The van der Waals surface area contributed by atoms with E-state index in [1.807, 2.05) is 25.7 Å². The molecule has 2 rings (SSSR count). The van der Waals surface area contributed by atoms with Gasteiger partial charge < -0.3 is 15.0 Å². The molecule has 4 nitrogen and oxygen atoms in total. The number of carbonyl (C=O) groups is 1. The maximum Gasteiger partial charge on any atom is 0.410 e. The van der Waals surface area contributed by atoms with E-state index >= 15 is 0 Å². The van der Waals surface area contributed by atoms with Crippen molar-refractivity contribution in [2.24, 2.45) is 11.8 Å². The molecule has 2 aliphatic rings. The number of hydrogen-bond donors (Lipinski definition) is 1. The molecule has 1 aliphatic carbocycles. The molecule has 1 heterocycles. The summed E-state index contributed by atoms with van der Waals surface area (Å²) < 4.78 is 5.49. The third kappa shape index (κ3) is 5.79. The first-order chi connectivity index (χ1) is 10.3. The highest BCUT2D eigenvalue weighted by Gasteiger charge is 2.26. The predicted octanol–water partition coefficient (Wildman–Crippen LogP) is 3.80. The number of nitrogens with one attached hydrogen (secondary N) is 1. The summed E-state index contributed by atoms with van der Waals surface area (Å²) in [5.74, 6) is 1.77. The van der Waals surface area contributed by atoms with Crippen molar-refractivity contribution >= 4 is 6.09 Å². The largest absolute Gasteiger partial charge is 0.444 e. The van der Waals surface area contributed by atoms with E-state index in [2.05, 4.69) is 12.2 Å². The minimum absolute atomic E-state index is 0.155. The molecule has 0 bridgehead atoms. The quantitative estimate of drug-likeness (QED) is 0.862. The Morgan fingerprint density at radius 3 is 2.59 bits per heavy atom. The number of hydrogen-bond acceptors (Lipinski definition) is 3. The lowest BCUT2D eigenvalue weighted by atomic mass is 10.0. The predicted molar refractivity (Wildman–Crippen MR) is 90.0 cm³/mol. The van der Waals surface area contributed by atoms with Gasteiger partial charge in [-0.15, -0.1) is 0 Å². The van der Waals surface area contributed by atoms with E-state index in [1.165, 1.54) is 25.7 Å². The van der Waals surface area contributed by atoms with Gasteiger partial charge in [-0.2, -0.15) is 0 Å². The van der Waals surface area contributed by atoms with Crippen LogP contribution >= 0.6 is 0 Å². The van der Waals surface area contributed by atoms with Gasteiger partial charge in [0.15, 0.2) is 0 Å². The maximum atomic E-state index is 12.2. The van der Waals surface area contributed by atoms with Crippen LogP contribution in [-0.4, -0.2) is 42.3 Å². The lowest BCUT2D eigenvalue weighted by Crippen LogP contribution is -2.38. The van der Waals surface area contributed by atoms with Crippen molar-refractivity contribution in [3.05, 3.63) is 0 Å². The van der Waals surface area contributed by atoms with Gasteiger partial charge >= 0.3 is 6.09 Å². The fourth-order valence-corrected chi connectivity index (χ4v) is 3.65. The monoisotopic (exact) mass is 310 g/mol. The molecule has 1 amide bonds. The molecule has 1 aliphatic heterocycles. The molecule has 3 atom stereocenters. The summed E-state index contributed by atoms with van der Waals surface area (Å²) in [6.45, 7) is 10.9. The van der Waals surface area contributed by atoms with E-state index in [4.69, 9.17) is 4.74 Å². The molecule has 0 radical (unpaired) electrons. The summed E-state index contributed by atoms with van der Waals surface area (Å²) in [5, 5.41) is 3.75. The number of nitrogens with zero attached hydrogens (tertiary/aromatic N) is 1. The van der Waals surface area contributed by atoms with Crippen molar-refractivity contribution in [1.29, 1.82) is 0 Å². The Morgan fingerprint density at radius 2 is 1.95 bits per heavy atom. The van der Waals surface area contributed by atoms with Crippen LogP contribution in [0.4, 0.5) is 4.79 Å². The van der Waals surface area contributed by atoms with E-state index in [0.717, 1.165) is 44.3 Å². The van der Waals surface area contributed by atoms with E-state index in [1.54, 1.807) is 0 Å². The molecule has 2 fully saturated rings. The van der Waals surface area contributed by atoms with Gasteiger partial charge in [-0.1, -0.05) is 13.3 Å². The summed E-state index contributed by atoms with van der Waals surface area (Å²) in [5.41, 5.74) is -0.403. The lowest BCUT2D eigenvalue weighted by Gasteiger charge is -2.26. The minimum Gasteiger partial charge on any atom is -0.444 e. The molecule has 1 N–H and O–H groups in total. The highest BCUT2D eigenvalue weighted by molar-refractivity contribution is 5.68. The Bertz CT molecular complexity index is 365. The maximum absolute atomic E-state index is 12.2. The second-order valence-corrected chi connectivity index (χ2v) is 8.29. The standard InChI is InChI=1S/C18H34N2O2/c1-14-7-8-15(12-14)13-19-16-6-5-10-20(11-9-16)17(21)22-18(2,3)4/h14-16,19H,5-13H2,1-4H3. The van der Waals surface area contributed by atoms with Crippen molar-refractivity contribution in [3.63, 3.8) is 0 Å². The van der Waals surface area contributed by atoms with Crippen LogP contribution in [0, 0.1) is 11.8 Å². The second kappa shape index (κ2) is 7.67. The van der Waals surface area contributed by atoms with Gasteiger partial charge in [-0.25, -0.2) is 4.79 Å². The lowest BCUT2D eigenvalue weighted by molar-refractivity contribution is 0.0256. The van der Waals surface area contributed by atoms with Crippen LogP contribution in [0.1, 0.15) is 66.2 Å². The van der Waals surface area contributed by atoms with E-state index < -0.39 is 5.60 Å². The Labute approximate surface area is 136 Å². The first-order valence-electron chi connectivity index (χ1n) is 9.05. The number of likely N-dealkylation sites (tertiary alicyclic amines) is 1. The number of ether oxygens (including phenoxy) is 1. The van der Waals surface area contributed by atoms with Crippen LogP contribution in [0.2, 0.25) is 0 Å². The van der Waals surface area contributed by atoms with Crippen molar-refractivity contribution < 1.29 is 9.53 Å². The molecule has 0 aromatic rings. The highest BCUT2D eigenvalue weighted by atomic mass is 16.6. The van der Waals surface area contributed by atoms with Gasteiger partial charge in [-0.3, -0.25) is 0 Å². The number of carbonyl (C=O) groups excluding carboxylic acids is 1. The summed E-state index contributed by atoms with van der Waals surface area (Å²) in [4.78, 5) is 14.0. The van der Waals surface area contributed by atoms with Crippen molar-refractivity contribution in [3.8, 4) is 0 Å². The van der Waals surface area contributed by atoms with Gasteiger partial charge in [0.1, 0.15) is 5.60 Å². The van der Waals surface area contributed by atoms with Crippen LogP contribution < -0.4 is 5.32 Å². The fraction of sp³-hybridized carbons (Fsp3) is 0.944. The molecule has 0 aromatic heterocycles. The van der Waals surface area contributed by atoms with Crippen LogP contribution in [0.3, 0.4) is 0 Å². The summed E-state index contributed by atoms with van der Waals surface area (Å²) in [6.07, 6.45) is 7.27. The zero-order valence-electron chi connectivity index (χ0n) is 14.9. The highest BCUT2D eigenvalue weighted by Crippen LogP contribution is 2.29. The number of amides is 1. The normalized spacial score (nSPS) is 30.2. The molecule has 22 heavy (non-hydrogen) atoms. The molecule has 0 aromatic carbocycles. The van der Waals surface area contributed by atoms with Crippen molar-refractivity contribution in [2.75, 3.05) is 19.6 Å². The van der Waals surface area contributed by atoms with Crippen LogP contribution in [0.5, 0.6) is 0 Å². The average molecular weight is 310 g/mol. The Balaban J connectivity index is 1.71. The summed E-state index contributed by atoms with van der Waals surface area (Å²) >= 11 is 0. The molecule has 1 saturated carbocycles. The zero-order chi connectivity index (χ0) is 16.2. The summed E-state index contributed by atoms with van der Waals surface area (Å²) in [6, 6.07) is 0.559. The average Bonchev–Trinajstić information content (AvgIpc) is 2.69. The van der Waals surface area contributed by atoms with Gasteiger partial charge in [0.05, 0.1) is 0 Å². The van der Waals surface area contributed by atoms with Gasteiger partial charge in [-0.05, 0) is 71.3 Å². The third-order valence-corrected chi connectivity index (χ3v) is 4.88. The summed E-state index contributed by atoms with van der Waals surface area (Å²) in [7, 11) is 0. The fourth-order valence-electron chi connectivity index (χ4n) is 3.65. The van der Waals surface area contributed by atoms with E-state index in [-0.39, 0.29) is 6.09 Å². The molecule has 128 valence electrons. The molecular formula is C18H34N2O2. The SMILES string of the molecule is CC1CCC(CNC2CCCN(C(=O)OC(C)(C)C)CC2)C1. The molecule has 3 unspecified atom stereocenters. The first kappa shape index (κ1) is 17.6. The van der Waals surface area contributed by atoms with Crippen LogP contribution in [-0.2, 0) is 4.74 Å². The second-order valence-electron chi connectivity index (χ2n) is 8.29. The zero-order valence-corrected chi connectivity index (χ0v) is 14.9. The van der Waals surface area contributed by atoms with Crippen molar-refractivity contribution in [2.45, 2.75) is 77.9 Å². The molecular weight excluding hydrogens is 276 g/mol. The number of rotatable bonds is 3. The van der Waals surface area contributed by atoms with Crippen LogP contribution in [0.25, 0.3) is 0 Å². The van der Waals surface area contributed by atoms with Crippen molar-refractivity contribution in [1.82, 2.24) is 10.2 Å². The molecule has 1 saturated heterocycles. The topological polar surface area (TPSA) is 41.6 Å². The third-order valence-electron chi connectivity index (χ3n) is 4.88. The van der Waals surface area contributed by atoms with E-state index in [9.17, 15) is 4.79 Å². The van der Waals surface area contributed by atoms with Crippen LogP contribution in [0.15, 0.2) is 0 Å². The Morgan fingerprint density at radius 1 is 1.18 bits per heavy atom. The van der Waals surface area contributed by atoms with Gasteiger partial charge in [0, 0.05) is 19.1 Å². The van der Waals surface area contributed by atoms with Gasteiger partial charge in [0.2, 0.25) is 0 Å².